The largest absolute Gasteiger partial charge is 0.461 e. The Morgan fingerprint density at radius 3 is 2.91 bits per heavy atom. The van der Waals surface area contributed by atoms with E-state index in [1.807, 2.05) is 36.1 Å². The van der Waals surface area contributed by atoms with Gasteiger partial charge in [0.2, 0.25) is 0 Å². The third kappa shape index (κ3) is 2.82. The first-order valence-electron chi connectivity index (χ1n) is 7.83. The summed E-state index contributed by atoms with van der Waals surface area (Å²) in [6.45, 7) is 5.03. The summed E-state index contributed by atoms with van der Waals surface area (Å²) in [7, 11) is 0. The van der Waals surface area contributed by atoms with Gasteiger partial charge in [0.1, 0.15) is 17.1 Å². The highest BCUT2D eigenvalue weighted by molar-refractivity contribution is 7.17. The van der Waals surface area contributed by atoms with Crippen molar-refractivity contribution >= 4 is 17.2 Å². The van der Waals surface area contributed by atoms with Gasteiger partial charge in [-0.15, -0.1) is 11.3 Å². The van der Waals surface area contributed by atoms with Gasteiger partial charge in [0, 0.05) is 19.6 Å². The Bertz CT molecular complexity index is 714. The van der Waals surface area contributed by atoms with Crippen LogP contribution < -0.4 is 0 Å². The topological polar surface area (TPSA) is 51.9 Å². The fourth-order valence-corrected chi connectivity index (χ4v) is 4.09. The molecular weight excluding hydrogens is 314 g/mol. The van der Waals surface area contributed by atoms with Crippen molar-refractivity contribution in [3.63, 3.8) is 0 Å². The molecule has 0 bridgehead atoms. The molecule has 2 aliphatic rings. The van der Waals surface area contributed by atoms with Gasteiger partial charge in [-0.1, -0.05) is 0 Å². The zero-order chi connectivity index (χ0) is 15.9. The Morgan fingerprint density at radius 2 is 2.17 bits per heavy atom. The summed E-state index contributed by atoms with van der Waals surface area (Å²) in [4.78, 5) is 16.4. The van der Waals surface area contributed by atoms with Crippen LogP contribution in [0.3, 0.4) is 0 Å². The van der Waals surface area contributed by atoms with Crippen LogP contribution in [0.1, 0.15) is 21.9 Å². The van der Waals surface area contributed by atoms with Gasteiger partial charge in [0.25, 0.3) is 5.91 Å². The molecule has 2 aliphatic heterocycles. The number of nitrogens with zero attached hydrogens (tertiary/aromatic N) is 1. The van der Waals surface area contributed by atoms with Gasteiger partial charge >= 0.3 is 0 Å². The van der Waals surface area contributed by atoms with Crippen molar-refractivity contribution in [2.24, 2.45) is 0 Å². The van der Waals surface area contributed by atoms with Gasteiger partial charge < -0.3 is 18.8 Å². The zero-order valence-corrected chi connectivity index (χ0v) is 13.9. The fourth-order valence-electron chi connectivity index (χ4n) is 3.15. The van der Waals surface area contributed by atoms with Crippen LogP contribution in [0.25, 0.3) is 10.6 Å². The number of ether oxygens (including phenoxy) is 2. The Balaban J connectivity index is 1.51. The molecule has 2 fully saturated rings. The smallest absolute Gasteiger partial charge is 0.264 e. The number of hydrogen-bond acceptors (Lipinski definition) is 5. The second kappa shape index (κ2) is 5.78. The average molecular weight is 333 g/mol. The molecular formula is C17H19NO4S. The molecule has 1 unspecified atom stereocenters. The summed E-state index contributed by atoms with van der Waals surface area (Å²) >= 11 is 1.48. The van der Waals surface area contributed by atoms with Crippen LogP contribution in [-0.2, 0) is 9.47 Å². The Kier molecular flexibility index (Phi) is 3.75. The predicted octanol–water partition coefficient (Wildman–Crippen LogP) is 2.95. The molecule has 122 valence electrons. The fraction of sp³-hybridized carbons (Fsp3) is 0.471. The van der Waals surface area contributed by atoms with E-state index in [0.717, 1.165) is 27.7 Å². The highest BCUT2D eigenvalue weighted by Crippen LogP contribution is 2.32. The molecule has 1 amide bonds. The number of amides is 1. The maximum Gasteiger partial charge on any atom is 0.264 e. The van der Waals surface area contributed by atoms with Crippen molar-refractivity contribution in [3.05, 3.63) is 34.9 Å². The van der Waals surface area contributed by atoms with Crippen molar-refractivity contribution < 1.29 is 18.7 Å². The summed E-state index contributed by atoms with van der Waals surface area (Å²) in [5.41, 5.74) is -0.299. The molecule has 2 aromatic rings. The van der Waals surface area contributed by atoms with E-state index in [4.69, 9.17) is 13.9 Å². The van der Waals surface area contributed by atoms with E-state index in [1.54, 1.807) is 0 Å². The average Bonchev–Trinajstić information content (AvgIpc) is 3.28. The lowest BCUT2D eigenvalue weighted by atomic mass is 10.0. The lowest BCUT2D eigenvalue weighted by Crippen LogP contribution is -2.54. The zero-order valence-electron chi connectivity index (χ0n) is 13.0. The van der Waals surface area contributed by atoms with E-state index in [2.05, 4.69) is 0 Å². The first kappa shape index (κ1) is 14.9. The number of furan rings is 1. The number of hydrogen-bond donors (Lipinski definition) is 0. The maximum absolute atomic E-state index is 12.8. The summed E-state index contributed by atoms with van der Waals surface area (Å²) in [5, 5.41) is 0. The third-order valence-corrected chi connectivity index (χ3v) is 5.49. The quantitative estimate of drug-likeness (QED) is 0.848. The SMILES string of the molecule is Cc1ccc(-c2ccc(C(=O)N3CCOC4(CCOC4)C3)s2)o1. The minimum atomic E-state index is -0.299. The molecule has 1 spiro atoms. The molecule has 23 heavy (non-hydrogen) atoms. The van der Waals surface area contributed by atoms with Crippen LogP contribution in [0.15, 0.2) is 28.7 Å². The Hall–Kier alpha value is -1.63. The maximum atomic E-state index is 12.8. The number of carbonyl (C=O) groups excluding carboxylic acids is 1. The van der Waals surface area contributed by atoms with Gasteiger partial charge in [0.15, 0.2) is 0 Å². The van der Waals surface area contributed by atoms with E-state index in [9.17, 15) is 4.79 Å². The molecule has 4 rings (SSSR count). The van der Waals surface area contributed by atoms with Crippen LogP contribution in [0.5, 0.6) is 0 Å². The van der Waals surface area contributed by atoms with Gasteiger partial charge in [0.05, 0.1) is 29.5 Å². The molecule has 2 saturated heterocycles. The molecule has 0 saturated carbocycles. The Labute approximate surface area is 138 Å². The van der Waals surface area contributed by atoms with Crippen LogP contribution >= 0.6 is 11.3 Å². The van der Waals surface area contributed by atoms with E-state index in [1.165, 1.54) is 11.3 Å². The molecule has 5 nitrogen and oxygen atoms in total. The molecule has 0 radical (unpaired) electrons. The number of carbonyl (C=O) groups is 1. The molecule has 4 heterocycles. The van der Waals surface area contributed by atoms with Gasteiger partial charge in [-0.2, -0.15) is 0 Å². The summed E-state index contributed by atoms with van der Waals surface area (Å²) in [6, 6.07) is 7.70. The van der Waals surface area contributed by atoms with E-state index in [0.29, 0.717) is 32.9 Å². The van der Waals surface area contributed by atoms with E-state index in [-0.39, 0.29) is 11.5 Å². The molecule has 2 aromatic heterocycles. The van der Waals surface area contributed by atoms with E-state index < -0.39 is 0 Å². The van der Waals surface area contributed by atoms with Gasteiger partial charge in [-0.3, -0.25) is 4.79 Å². The third-order valence-electron chi connectivity index (χ3n) is 4.40. The summed E-state index contributed by atoms with van der Waals surface area (Å²) < 4.78 is 17.0. The highest BCUT2D eigenvalue weighted by atomic mass is 32.1. The highest BCUT2D eigenvalue weighted by Gasteiger charge is 2.42. The van der Waals surface area contributed by atoms with Crippen molar-refractivity contribution in [2.45, 2.75) is 18.9 Å². The van der Waals surface area contributed by atoms with Crippen molar-refractivity contribution in [1.29, 1.82) is 0 Å². The van der Waals surface area contributed by atoms with Gasteiger partial charge in [-0.25, -0.2) is 0 Å². The van der Waals surface area contributed by atoms with E-state index >= 15 is 0 Å². The minimum absolute atomic E-state index is 0.0686. The second-order valence-electron chi connectivity index (χ2n) is 6.13. The van der Waals surface area contributed by atoms with Crippen LogP contribution in [0.2, 0.25) is 0 Å². The predicted molar refractivity (Wildman–Crippen MR) is 86.8 cm³/mol. The minimum Gasteiger partial charge on any atom is -0.461 e. The first-order chi connectivity index (χ1) is 11.2. The van der Waals surface area contributed by atoms with Gasteiger partial charge in [-0.05, 0) is 31.2 Å². The number of thiophene rings is 1. The Morgan fingerprint density at radius 1 is 1.26 bits per heavy atom. The number of rotatable bonds is 2. The van der Waals surface area contributed by atoms with Crippen molar-refractivity contribution in [2.75, 3.05) is 32.9 Å². The summed E-state index contributed by atoms with van der Waals surface area (Å²) in [5.74, 6) is 1.76. The molecule has 0 aliphatic carbocycles. The van der Waals surface area contributed by atoms with Crippen LogP contribution in [-0.4, -0.2) is 49.3 Å². The van der Waals surface area contributed by atoms with Crippen LogP contribution in [0, 0.1) is 6.92 Å². The molecule has 0 aromatic carbocycles. The number of aryl methyl sites for hydroxylation is 1. The normalized spacial score (nSPS) is 24.5. The lowest BCUT2D eigenvalue weighted by molar-refractivity contribution is -0.0994. The first-order valence-corrected chi connectivity index (χ1v) is 8.65. The standard InChI is InChI=1S/C17H19NO4S/c1-12-2-3-13(22-12)14-4-5-15(23-14)16(19)18-7-9-21-17(10-18)6-8-20-11-17/h2-5H,6-11H2,1H3. The lowest BCUT2D eigenvalue weighted by Gasteiger charge is -2.39. The molecule has 6 heteroatoms. The van der Waals surface area contributed by atoms with Crippen molar-refractivity contribution in [1.82, 2.24) is 4.90 Å². The monoisotopic (exact) mass is 333 g/mol. The van der Waals surface area contributed by atoms with Crippen LogP contribution in [0.4, 0.5) is 0 Å². The second-order valence-corrected chi connectivity index (χ2v) is 7.22. The van der Waals surface area contributed by atoms with Crippen molar-refractivity contribution in [3.8, 4) is 10.6 Å². The molecule has 0 N–H and O–H groups in total. The summed E-state index contributed by atoms with van der Waals surface area (Å²) in [6.07, 6.45) is 0.859. The molecule has 1 atom stereocenters. The number of morpholine rings is 1.